The van der Waals surface area contributed by atoms with Gasteiger partial charge in [0.05, 0.1) is 0 Å². The van der Waals surface area contributed by atoms with E-state index in [1.165, 1.54) is 24.3 Å². The minimum atomic E-state index is -1.34. The van der Waals surface area contributed by atoms with Crippen LogP contribution in [-0.4, -0.2) is 81.2 Å². The molecule has 0 unspecified atom stereocenters. The largest absolute Gasteiger partial charge is 0.508 e. The van der Waals surface area contributed by atoms with Gasteiger partial charge in [0.25, 0.3) is 11.8 Å². The minimum Gasteiger partial charge on any atom is -0.508 e. The number of aliphatic carboxylic acids is 2. The quantitative estimate of drug-likeness (QED) is 0.124. The van der Waals surface area contributed by atoms with Crippen LogP contribution in [0.2, 0.25) is 0 Å². The number of ether oxygens (including phenoxy) is 1. The Morgan fingerprint density at radius 3 is 1.95 bits per heavy atom. The number of epoxide rings is 1. The van der Waals surface area contributed by atoms with Crippen LogP contribution in [0.25, 0.3) is 0 Å². The van der Waals surface area contributed by atoms with Gasteiger partial charge in [0.2, 0.25) is 11.8 Å². The van der Waals surface area contributed by atoms with Crippen LogP contribution < -0.4 is 21.7 Å². The molecule has 1 aromatic rings. The van der Waals surface area contributed by atoms with Crippen molar-refractivity contribution in [1.82, 2.24) is 16.0 Å². The maximum atomic E-state index is 12.8. The molecule has 4 amide bonds. The second-order valence-electron chi connectivity index (χ2n) is 9.69. The number of primary amides is 1. The minimum absolute atomic E-state index is 0.00471. The lowest BCUT2D eigenvalue weighted by Crippen LogP contribution is -2.54. The molecule has 1 aromatic carbocycles. The molecule has 14 heteroatoms. The zero-order valence-corrected chi connectivity index (χ0v) is 21.6. The highest BCUT2D eigenvalue weighted by molar-refractivity contribution is 5.98. The molecule has 2 rings (SSSR count). The lowest BCUT2D eigenvalue weighted by atomic mass is 10.0. The molecule has 1 saturated heterocycles. The van der Waals surface area contributed by atoms with Gasteiger partial charge < -0.3 is 41.7 Å². The van der Waals surface area contributed by atoms with Crippen molar-refractivity contribution < 1.29 is 48.8 Å². The predicted octanol–water partition coefficient (Wildman–Crippen LogP) is -0.973. The van der Waals surface area contributed by atoms with Crippen LogP contribution in [-0.2, 0) is 39.9 Å². The summed E-state index contributed by atoms with van der Waals surface area (Å²) in [5.74, 6) is -5.61. The van der Waals surface area contributed by atoms with Gasteiger partial charge in [0, 0.05) is 12.8 Å². The summed E-state index contributed by atoms with van der Waals surface area (Å²) in [5.41, 5.74) is 5.90. The fourth-order valence-electron chi connectivity index (χ4n) is 3.80. The van der Waals surface area contributed by atoms with Crippen LogP contribution >= 0.6 is 0 Å². The van der Waals surface area contributed by atoms with E-state index in [1.54, 1.807) is 0 Å². The van der Waals surface area contributed by atoms with Gasteiger partial charge in [0.15, 0.2) is 12.2 Å². The Kier molecular flexibility index (Phi) is 11.2. The third-order valence-corrected chi connectivity index (χ3v) is 5.88. The Morgan fingerprint density at radius 2 is 1.46 bits per heavy atom. The number of carboxylic acid groups (broad SMARTS) is 2. The van der Waals surface area contributed by atoms with Gasteiger partial charge in [-0.3, -0.25) is 24.0 Å². The second-order valence-corrected chi connectivity index (χ2v) is 9.69. The standard InChI is InChI=1S/C25H34N4O10/c1-12(2)10-16(21(26)33)28-22(34)15(4-3-5-18(31)32)27-23(35)19-20(39-19)24(36)29-17(25(37)38)11-13-6-8-14(30)9-7-13/h6-9,12,15-17,19-20,30H,3-5,10-11H2,1-2H3,(H2,26,33)(H,27,35)(H,28,34)(H,29,36)(H,31,32)(H,37,38)/t15-,16-,17-,19-,20-/m0/s1. The molecule has 1 fully saturated rings. The average Bonchev–Trinajstić information content (AvgIpc) is 3.64. The van der Waals surface area contributed by atoms with E-state index in [0.717, 1.165) is 0 Å². The molecular formula is C25H34N4O10. The van der Waals surface area contributed by atoms with E-state index in [9.17, 15) is 39.0 Å². The number of nitrogens with one attached hydrogen (secondary N) is 3. The number of phenolic OH excluding ortho intramolecular Hbond substituents is 1. The first-order chi connectivity index (χ1) is 18.3. The lowest BCUT2D eigenvalue weighted by molar-refractivity contribution is -0.142. The molecule has 0 aliphatic carbocycles. The van der Waals surface area contributed by atoms with Crippen molar-refractivity contribution in [2.24, 2.45) is 11.7 Å². The van der Waals surface area contributed by atoms with Crippen LogP contribution in [0.1, 0.15) is 45.1 Å². The summed E-state index contributed by atoms with van der Waals surface area (Å²) in [6.07, 6.45) is -2.75. The van der Waals surface area contributed by atoms with Crippen molar-refractivity contribution in [2.75, 3.05) is 0 Å². The van der Waals surface area contributed by atoms with Crippen molar-refractivity contribution >= 4 is 35.6 Å². The Hall–Kier alpha value is -4.20. The highest BCUT2D eigenvalue weighted by Crippen LogP contribution is 2.23. The van der Waals surface area contributed by atoms with Crippen LogP contribution in [0.15, 0.2) is 24.3 Å². The Balaban J connectivity index is 2.01. The third kappa shape index (κ3) is 10.2. The Morgan fingerprint density at radius 1 is 0.897 bits per heavy atom. The maximum absolute atomic E-state index is 12.8. The normalized spacial score (nSPS) is 18.3. The summed E-state index contributed by atoms with van der Waals surface area (Å²) < 4.78 is 5.13. The fourth-order valence-corrected chi connectivity index (χ4v) is 3.80. The number of benzene rings is 1. The molecule has 1 aliphatic rings. The van der Waals surface area contributed by atoms with Crippen LogP contribution in [0.3, 0.4) is 0 Å². The zero-order chi connectivity index (χ0) is 29.3. The highest BCUT2D eigenvalue weighted by Gasteiger charge is 2.51. The van der Waals surface area contributed by atoms with E-state index in [0.29, 0.717) is 5.56 Å². The molecule has 0 saturated carbocycles. The monoisotopic (exact) mass is 550 g/mol. The number of nitrogens with two attached hydrogens (primary N) is 1. The molecule has 39 heavy (non-hydrogen) atoms. The van der Waals surface area contributed by atoms with E-state index >= 15 is 0 Å². The molecular weight excluding hydrogens is 516 g/mol. The molecule has 214 valence electrons. The SMILES string of the molecule is CC(C)C[C@H](NC(=O)[C@H](CCCC(=O)O)NC(=O)[C@H]1O[C@@H]1C(=O)N[C@@H](Cc1ccc(O)cc1)C(=O)O)C(N)=O. The van der Waals surface area contributed by atoms with Gasteiger partial charge in [-0.25, -0.2) is 4.79 Å². The van der Waals surface area contributed by atoms with E-state index in [2.05, 4.69) is 16.0 Å². The third-order valence-electron chi connectivity index (χ3n) is 5.88. The summed E-state index contributed by atoms with van der Waals surface area (Å²) in [4.78, 5) is 72.4. The number of phenols is 1. The van der Waals surface area contributed by atoms with Crippen molar-refractivity contribution in [1.29, 1.82) is 0 Å². The maximum Gasteiger partial charge on any atom is 0.326 e. The highest BCUT2D eigenvalue weighted by atomic mass is 16.6. The number of hydrogen-bond donors (Lipinski definition) is 7. The van der Waals surface area contributed by atoms with Gasteiger partial charge in [-0.15, -0.1) is 0 Å². The van der Waals surface area contributed by atoms with Crippen LogP contribution in [0.4, 0.5) is 0 Å². The first-order valence-corrected chi connectivity index (χ1v) is 12.4. The van der Waals surface area contributed by atoms with Gasteiger partial charge in [-0.1, -0.05) is 26.0 Å². The van der Waals surface area contributed by atoms with E-state index in [4.69, 9.17) is 15.6 Å². The Labute approximate surface area is 224 Å². The van der Waals surface area contributed by atoms with Crippen molar-refractivity contribution in [2.45, 2.75) is 76.3 Å². The van der Waals surface area contributed by atoms with Gasteiger partial charge in [-0.05, 0) is 42.9 Å². The fraction of sp³-hybridized carbons (Fsp3) is 0.520. The number of rotatable bonds is 16. The number of aromatic hydroxyl groups is 1. The number of amides is 4. The summed E-state index contributed by atoms with van der Waals surface area (Å²) in [6.45, 7) is 3.65. The van der Waals surface area contributed by atoms with Crippen LogP contribution in [0, 0.1) is 5.92 Å². The van der Waals surface area contributed by atoms with Crippen molar-refractivity contribution in [3.05, 3.63) is 29.8 Å². The van der Waals surface area contributed by atoms with Crippen molar-refractivity contribution in [3.8, 4) is 5.75 Å². The molecule has 0 radical (unpaired) electrons. The molecule has 1 heterocycles. The average molecular weight is 551 g/mol. The van der Waals surface area contributed by atoms with E-state index < -0.39 is 65.9 Å². The van der Waals surface area contributed by atoms with Gasteiger partial charge in [0.1, 0.15) is 23.9 Å². The molecule has 8 N–H and O–H groups in total. The molecule has 5 atom stereocenters. The summed E-state index contributed by atoms with van der Waals surface area (Å²) in [6, 6.07) is 2.17. The zero-order valence-electron chi connectivity index (χ0n) is 21.6. The summed E-state index contributed by atoms with van der Waals surface area (Å²) >= 11 is 0. The number of carbonyl (C=O) groups excluding carboxylic acids is 4. The lowest BCUT2D eigenvalue weighted by Gasteiger charge is -2.22. The van der Waals surface area contributed by atoms with E-state index in [1.807, 2.05) is 13.8 Å². The second kappa shape index (κ2) is 14.1. The molecule has 0 bridgehead atoms. The first-order valence-electron chi connectivity index (χ1n) is 12.4. The molecule has 0 spiro atoms. The number of carboxylic acids is 2. The molecule has 1 aliphatic heterocycles. The Bertz CT molecular complexity index is 1080. The van der Waals surface area contributed by atoms with E-state index in [-0.39, 0.29) is 43.8 Å². The first kappa shape index (κ1) is 31.0. The number of hydrogen-bond acceptors (Lipinski definition) is 8. The topological polar surface area (TPSA) is 238 Å². The summed E-state index contributed by atoms with van der Waals surface area (Å²) in [5, 5.41) is 34.9. The predicted molar refractivity (Wildman–Crippen MR) is 134 cm³/mol. The molecule has 0 aromatic heterocycles. The van der Waals surface area contributed by atoms with Crippen LogP contribution in [0.5, 0.6) is 5.75 Å². The van der Waals surface area contributed by atoms with Crippen molar-refractivity contribution in [3.63, 3.8) is 0 Å². The summed E-state index contributed by atoms with van der Waals surface area (Å²) in [7, 11) is 0. The smallest absolute Gasteiger partial charge is 0.326 e. The van der Waals surface area contributed by atoms with Gasteiger partial charge in [-0.2, -0.15) is 0 Å². The number of carbonyl (C=O) groups is 6. The van der Waals surface area contributed by atoms with Gasteiger partial charge >= 0.3 is 11.9 Å². The molecule has 14 nitrogen and oxygen atoms in total.